The molecule has 0 saturated heterocycles. The predicted octanol–water partition coefficient (Wildman–Crippen LogP) is 2.16. The predicted molar refractivity (Wildman–Crippen MR) is 63.3 cm³/mol. The molecule has 0 aliphatic carbocycles. The molecule has 3 aromatic heterocycles. The minimum Gasteiger partial charge on any atom is -0.477 e. The summed E-state index contributed by atoms with van der Waals surface area (Å²) < 4.78 is 1.87. The van der Waals surface area contributed by atoms with Crippen LogP contribution in [0, 0.1) is 0 Å². The Morgan fingerprint density at radius 1 is 1.41 bits per heavy atom. The standard InChI is InChI=1S/C11H7N3O2S/c15-11(16)8-5-12-10(17-8)7-6-14-4-2-1-3-9(14)13-7/h1-6H,(H,15,16). The average molecular weight is 245 g/mol. The number of fused-ring (bicyclic) bond motifs is 1. The summed E-state index contributed by atoms with van der Waals surface area (Å²) in [7, 11) is 0. The number of carboxylic acid groups (broad SMARTS) is 1. The first-order chi connectivity index (χ1) is 8.24. The van der Waals surface area contributed by atoms with Gasteiger partial charge in [-0.2, -0.15) is 0 Å². The van der Waals surface area contributed by atoms with Crippen LogP contribution in [0.5, 0.6) is 0 Å². The lowest BCUT2D eigenvalue weighted by atomic mass is 10.5. The monoisotopic (exact) mass is 245 g/mol. The summed E-state index contributed by atoms with van der Waals surface area (Å²) in [5.41, 5.74) is 1.50. The van der Waals surface area contributed by atoms with Crippen molar-refractivity contribution in [3.05, 3.63) is 41.7 Å². The third-order valence-electron chi connectivity index (χ3n) is 2.30. The molecule has 0 aliphatic rings. The third kappa shape index (κ3) is 1.68. The summed E-state index contributed by atoms with van der Waals surface area (Å²) in [6, 6.07) is 5.69. The van der Waals surface area contributed by atoms with E-state index in [2.05, 4.69) is 9.97 Å². The number of carboxylic acids is 1. The van der Waals surface area contributed by atoms with Crippen molar-refractivity contribution in [2.45, 2.75) is 0 Å². The molecule has 6 heteroatoms. The minimum absolute atomic E-state index is 0.219. The normalized spacial score (nSPS) is 10.8. The van der Waals surface area contributed by atoms with Crippen LogP contribution in [-0.2, 0) is 0 Å². The van der Waals surface area contributed by atoms with Crippen molar-refractivity contribution in [1.82, 2.24) is 14.4 Å². The zero-order valence-electron chi connectivity index (χ0n) is 8.57. The topological polar surface area (TPSA) is 67.5 Å². The van der Waals surface area contributed by atoms with Gasteiger partial charge in [-0.15, -0.1) is 11.3 Å². The second-order valence-electron chi connectivity index (χ2n) is 3.43. The van der Waals surface area contributed by atoms with Gasteiger partial charge in [-0.25, -0.2) is 14.8 Å². The molecule has 0 radical (unpaired) electrons. The van der Waals surface area contributed by atoms with Gasteiger partial charge < -0.3 is 9.51 Å². The van der Waals surface area contributed by atoms with Gasteiger partial charge in [-0.1, -0.05) is 6.07 Å². The molecule has 0 amide bonds. The highest BCUT2D eigenvalue weighted by Gasteiger charge is 2.12. The third-order valence-corrected chi connectivity index (χ3v) is 3.31. The highest BCUT2D eigenvalue weighted by molar-refractivity contribution is 7.16. The zero-order chi connectivity index (χ0) is 11.8. The molecular formula is C11H7N3O2S. The Balaban J connectivity index is 2.10. The largest absolute Gasteiger partial charge is 0.477 e. The second-order valence-corrected chi connectivity index (χ2v) is 4.46. The van der Waals surface area contributed by atoms with E-state index in [1.54, 1.807) is 0 Å². The van der Waals surface area contributed by atoms with E-state index in [1.165, 1.54) is 6.20 Å². The Hall–Kier alpha value is -2.21. The van der Waals surface area contributed by atoms with Gasteiger partial charge in [0.25, 0.3) is 0 Å². The van der Waals surface area contributed by atoms with Crippen molar-refractivity contribution in [3.8, 4) is 10.7 Å². The second kappa shape index (κ2) is 3.67. The molecule has 0 aliphatic heterocycles. The summed E-state index contributed by atoms with van der Waals surface area (Å²) in [5, 5.41) is 9.45. The smallest absolute Gasteiger partial charge is 0.347 e. The molecule has 84 valence electrons. The lowest BCUT2D eigenvalue weighted by molar-refractivity contribution is 0.0702. The minimum atomic E-state index is -0.961. The van der Waals surface area contributed by atoms with Crippen LogP contribution in [0.1, 0.15) is 9.67 Å². The van der Waals surface area contributed by atoms with Crippen molar-refractivity contribution in [2.24, 2.45) is 0 Å². The Kier molecular flexibility index (Phi) is 2.15. The van der Waals surface area contributed by atoms with Crippen LogP contribution in [0.4, 0.5) is 0 Å². The van der Waals surface area contributed by atoms with Crippen LogP contribution in [0.15, 0.2) is 36.8 Å². The maximum absolute atomic E-state index is 10.8. The average Bonchev–Trinajstić information content (AvgIpc) is 2.95. The number of nitrogens with zero attached hydrogens (tertiary/aromatic N) is 3. The van der Waals surface area contributed by atoms with Crippen molar-refractivity contribution in [1.29, 1.82) is 0 Å². The molecule has 3 rings (SSSR count). The first-order valence-corrected chi connectivity index (χ1v) is 5.69. The van der Waals surface area contributed by atoms with Crippen molar-refractivity contribution < 1.29 is 9.90 Å². The fraction of sp³-hybridized carbons (Fsp3) is 0. The Morgan fingerprint density at radius 2 is 2.29 bits per heavy atom. The van der Waals surface area contributed by atoms with Crippen molar-refractivity contribution in [2.75, 3.05) is 0 Å². The Bertz CT molecular complexity index is 668. The van der Waals surface area contributed by atoms with Gasteiger partial charge in [0.1, 0.15) is 21.2 Å². The molecule has 17 heavy (non-hydrogen) atoms. The van der Waals surface area contributed by atoms with Gasteiger partial charge >= 0.3 is 5.97 Å². The van der Waals surface area contributed by atoms with Crippen LogP contribution in [0.2, 0.25) is 0 Å². The van der Waals surface area contributed by atoms with Crippen LogP contribution in [0.25, 0.3) is 16.3 Å². The number of aromatic nitrogens is 3. The Morgan fingerprint density at radius 3 is 3.00 bits per heavy atom. The number of hydrogen-bond acceptors (Lipinski definition) is 4. The van der Waals surface area contributed by atoms with Gasteiger partial charge in [0.2, 0.25) is 0 Å². The fourth-order valence-electron chi connectivity index (χ4n) is 1.53. The van der Waals surface area contributed by atoms with Crippen molar-refractivity contribution >= 4 is 23.0 Å². The van der Waals surface area contributed by atoms with Crippen LogP contribution >= 0.6 is 11.3 Å². The molecule has 0 spiro atoms. The SMILES string of the molecule is O=C(O)c1cnc(-c2cn3ccccc3n2)s1. The lowest BCUT2D eigenvalue weighted by Crippen LogP contribution is -1.89. The van der Waals surface area contributed by atoms with E-state index in [4.69, 9.17) is 5.11 Å². The van der Waals surface area contributed by atoms with Gasteiger partial charge in [0.05, 0.1) is 6.20 Å². The number of pyridine rings is 1. The van der Waals surface area contributed by atoms with Crippen LogP contribution < -0.4 is 0 Å². The molecule has 3 aromatic rings. The number of hydrogen-bond donors (Lipinski definition) is 1. The lowest BCUT2D eigenvalue weighted by Gasteiger charge is -1.86. The molecule has 3 heterocycles. The fourth-order valence-corrected chi connectivity index (χ4v) is 2.24. The van der Waals surface area contributed by atoms with E-state index in [0.717, 1.165) is 17.0 Å². The van der Waals surface area contributed by atoms with E-state index in [9.17, 15) is 4.79 Å². The number of imidazole rings is 1. The quantitative estimate of drug-likeness (QED) is 0.751. The highest BCUT2D eigenvalue weighted by atomic mass is 32.1. The van der Waals surface area contributed by atoms with E-state index in [1.807, 2.05) is 35.0 Å². The number of carbonyl (C=O) groups is 1. The molecular weight excluding hydrogens is 238 g/mol. The molecule has 0 fully saturated rings. The first-order valence-electron chi connectivity index (χ1n) is 4.87. The highest BCUT2D eigenvalue weighted by Crippen LogP contribution is 2.24. The maximum atomic E-state index is 10.8. The Labute approximate surface area is 100 Å². The summed E-state index contributed by atoms with van der Waals surface area (Å²) in [4.78, 5) is 19.4. The van der Waals surface area contributed by atoms with Crippen molar-refractivity contribution in [3.63, 3.8) is 0 Å². The molecule has 0 unspecified atom stereocenters. The molecule has 1 N–H and O–H groups in total. The van der Waals surface area contributed by atoms with E-state index in [-0.39, 0.29) is 4.88 Å². The van der Waals surface area contributed by atoms with E-state index in [0.29, 0.717) is 10.7 Å². The molecule has 0 saturated carbocycles. The van der Waals surface area contributed by atoms with E-state index < -0.39 is 5.97 Å². The van der Waals surface area contributed by atoms with Crippen LogP contribution in [0.3, 0.4) is 0 Å². The van der Waals surface area contributed by atoms with Gasteiger partial charge in [0.15, 0.2) is 0 Å². The summed E-state index contributed by atoms with van der Waals surface area (Å²) in [5.74, 6) is -0.961. The number of aromatic carboxylic acids is 1. The summed E-state index contributed by atoms with van der Waals surface area (Å²) >= 11 is 1.12. The van der Waals surface area contributed by atoms with Gasteiger partial charge in [-0.05, 0) is 12.1 Å². The summed E-state index contributed by atoms with van der Waals surface area (Å²) in [6.07, 6.45) is 5.07. The molecule has 0 aromatic carbocycles. The molecule has 0 atom stereocenters. The summed E-state index contributed by atoms with van der Waals surface area (Å²) in [6.45, 7) is 0. The van der Waals surface area contributed by atoms with Gasteiger partial charge in [0, 0.05) is 12.4 Å². The van der Waals surface area contributed by atoms with E-state index >= 15 is 0 Å². The zero-order valence-corrected chi connectivity index (χ0v) is 9.39. The van der Waals surface area contributed by atoms with Crippen LogP contribution in [-0.4, -0.2) is 25.4 Å². The molecule has 5 nitrogen and oxygen atoms in total. The molecule has 0 bridgehead atoms. The van der Waals surface area contributed by atoms with Gasteiger partial charge in [-0.3, -0.25) is 0 Å². The number of rotatable bonds is 2. The number of thiazole rings is 1. The maximum Gasteiger partial charge on any atom is 0.347 e. The first kappa shape index (κ1) is 9.98.